The second-order valence-corrected chi connectivity index (χ2v) is 7.81. The summed E-state index contributed by atoms with van der Waals surface area (Å²) in [4.78, 5) is 2.36. The number of anilines is 2. The number of nitrogens with zero attached hydrogens (tertiary/aromatic N) is 5. The highest BCUT2D eigenvalue weighted by Crippen LogP contribution is 2.35. The Balaban J connectivity index is 1.39. The van der Waals surface area contributed by atoms with Crippen LogP contribution in [0.25, 0.3) is 16.5 Å². The molecule has 0 bridgehead atoms. The molecule has 6 rings (SSSR count). The lowest BCUT2D eigenvalue weighted by Gasteiger charge is -2.29. The predicted molar refractivity (Wildman–Crippen MR) is 121 cm³/mol. The molecule has 2 aliphatic heterocycles. The number of nitrogens with one attached hydrogen (secondary N) is 1. The average Bonchev–Trinajstić information content (AvgIpc) is 3.33. The lowest BCUT2D eigenvalue weighted by molar-refractivity contribution is 0.122. The van der Waals surface area contributed by atoms with E-state index in [0.29, 0.717) is 5.95 Å². The number of ether oxygens (including phenoxy) is 1. The van der Waals surface area contributed by atoms with Crippen molar-refractivity contribution in [2.75, 3.05) is 36.5 Å². The topological polar surface area (TPSA) is 68.1 Å². The van der Waals surface area contributed by atoms with Gasteiger partial charge in [-0.1, -0.05) is 59.7 Å². The zero-order chi connectivity index (χ0) is 20.6. The highest BCUT2D eigenvalue weighted by atomic mass is 16.5. The third-order valence-corrected chi connectivity index (χ3v) is 6.02. The Morgan fingerprint density at radius 2 is 1.71 bits per heavy atom. The molecular weight excluding hydrogens is 388 g/mol. The molecule has 0 amide bonds. The van der Waals surface area contributed by atoms with Gasteiger partial charge in [-0.15, -0.1) is 0 Å². The standard InChI is InChI=1S/C24H22N6O/c1-2-6-20-17(4-1)5-3-7-21(20)23-16-22(25-24-26-27-28-30(23)24)18-8-10-19(11-9-18)29-12-14-31-15-13-29/h1-11,16,23H,12-15H2,(H,25,26,28)/t23-/m1/s1. The molecule has 4 aromatic rings. The zero-order valence-corrected chi connectivity index (χ0v) is 17.0. The monoisotopic (exact) mass is 410 g/mol. The van der Waals surface area contributed by atoms with Gasteiger partial charge in [0.2, 0.25) is 5.95 Å². The summed E-state index contributed by atoms with van der Waals surface area (Å²) in [6, 6.07) is 23.4. The van der Waals surface area contributed by atoms with Crippen LogP contribution in [0, 0.1) is 0 Å². The van der Waals surface area contributed by atoms with Gasteiger partial charge in [0.25, 0.3) is 0 Å². The van der Waals surface area contributed by atoms with E-state index in [9.17, 15) is 0 Å². The number of hydrogen-bond donors (Lipinski definition) is 1. The van der Waals surface area contributed by atoms with Gasteiger partial charge in [0, 0.05) is 24.5 Å². The maximum atomic E-state index is 5.47. The SMILES string of the molecule is C1=C(c2ccc(N3CCOCC3)cc2)Nc2nnnn2[C@H]1c1cccc2ccccc12. The zero-order valence-electron chi connectivity index (χ0n) is 17.0. The first-order chi connectivity index (χ1) is 15.4. The Kier molecular flexibility index (Phi) is 4.39. The summed E-state index contributed by atoms with van der Waals surface area (Å²) in [5.74, 6) is 0.646. The lowest BCUT2D eigenvalue weighted by atomic mass is 9.96. The number of hydrogen-bond acceptors (Lipinski definition) is 6. The Hall–Kier alpha value is -3.71. The van der Waals surface area contributed by atoms with Crippen molar-refractivity contribution >= 4 is 28.1 Å². The number of morpholine rings is 1. The summed E-state index contributed by atoms with van der Waals surface area (Å²) in [6.45, 7) is 3.42. The van der Waals surface area contributed by atoms with E-state index in [4.69, 9.17) is 4.74 Å². The fraction of sp³-hybridized carbons (Fsp3) is 0.208. The number of aromatic nitrogens is 4. The minimum Gasteiger partial charge on any atom is -0.378 e. The molecule has 2 aliphatic rings. The molecule has 3 heterocycles. The molecule has 0 radical (unpaired) electrons. The Morgan fingerprint density at radius 1 is 0.903 bits per heavy atom. The summed E-state index contributed by atoms with van der Waals surface area (Å²) in [5, 5.41) is 18.2. The Morgan fingerprint density at radius 3 is 2.58 bits per heavy atom. The Labute approximate surface area is 179 Å². The van der Waals surface area contributed by atoms with Crippen LogP contribution in [0.3, 0.4) is 0 Å². The molecule has 0 spiro atoms. The highest BCUT2D eigenvalue weighted by molar-refractivity contribution is 5.87. The van der Waals surface area contributed by atoms with Gasteiger partial charge in [0.1, 0.15) is 6.04 Å². The number of fused-ring (bicyclic) bond motifs is 2. The van der Waals surface area contributed by atoms with Crippen molar-refractivity contribution in [3.8, 4) is 0 Å². The van der Waals surface area contributed by atoms with Gasteiger partial charge in [0.15, 0.2) is 0 Å². The lowest BCUT2D eigenvalue weighted by Crippen LogP contribution is -2.36. The average molecular weight is 410 g/mol. The van der Waals surface area contributed by atoms with E-state index in [-0.39, 0.29) is 6.04 Å². The fourth-order valence-electron chi connectivity index (χ4n) is 4.43. The highest BCUT2D eigenvalue weighted by Gasteiger charge is 2.25. The van der Waals surface area contributed by atoms with Crippen molar-refractivity contribution in [2.45, 2.75) is 6.04 Å². The van der Waals surface area contributed by atoms with E-state index in [2.05, 4.69) is 98.5 Å². The second-order valence-electron chi connectivity index (χ2n) is 7.81. The van der Waals surface area contributed by atoms with E-state index < -0.39 is 0 Å². The van der Waals surface area contributed by atoms with Gasteiger partial charge in [-0.3, -0.25) is 0 Å². The van der Waals surface area contributed by atoms with Gasteiger partial charge in [0.05, 0.1) is 13.2 Å². The first-order valence-electron chi connectivity index (χ1n) is 10.5. The van der Waals surface area contributed by atoms with Crippen molar-refractivity contribution in [3.05, 3.63) is 83.9 Å². The van der Waals surface area contributed by atoms with Crippen LogP contribution in [0.4, 0.5) is 11.6 Å². The maximum Gasteiger partial charge on any atom is 0.248 e. The van der Waals surface area contributed by atoms with Crippen molar-refractivity contribution in [1.29, 1.82) is 0 Å². The summed E-state index contributed by atoms with van der Waals surface area (Å²) in [6.07, 6.45) is 2.20. The third kappa shape index (κ3) is 3.23. The van der Waals surface area contributed by atoms with Gasteiger partial charge >= 0.3 is 0 Å². The third-order valence-electron chi connectivity index (χ3n) is 6.02. The molecule has 0 saturated carbocycles. The molecule has 1 saturated heterocycles. The summed E-state index contributed by atoms with van der Waals surface area (Å²) in [5.41, 5.74) is 4.51. The molecule has 0 aliphatic carbocycles. The minimum atomic E-state index is -0.0914. The molecular formula is C24H22N6O. The molecule has 1 atom stereocenters. The second kappa shape index (κ2) is 7.52. The van der Waals surface area contributed by atoms with Crippen LogP contribution in [-0.2, 0) is 4.74 Å². The number of tetrazole rings is 1. The largest absolute Gasteiger partial charge is 0.378 e. The summed E-state index contributed by atoms with van der Waals surface area (Å²) < 4.78 is 7.31. The molecule has 0 unspecified atom stereocenters. The molecule has 154 valence electrons. The first kappa shape index (κ1) is 18.1. The number of allylic oxidation sites excluding steroid dienone is 1. The van der Waals surface area contributed by atoms with E-state index in [1.54, 1.807) is 0 Å². The molecule has 1 fully saturated rings. The first-order valence-corrected chi connectivity index (χ1v) is 10.5. The summed E-state index contributed by atoms with van der Waals surface area (Å²) in [7, 11) is 0. The maximum absolute atomic E-state index is 5.47. The summed E-state index contributed by atoms with van der Waals surface area (Å²) >= 11 is 0. The number of rotatable bonds is 3. The molecule has 1 N–H and O–H groups in total. The van der Waals surface area contributed by atoms with Crippen LogP contribution in [0.15, 0.2) is 72.8 Å². The normalized spacial score (nSPS) is 18.4. The van der Waals surface area contributed by atoms with Crippen LogP contribution in [0.2, 0.25) is 0 Å². The van der Waals surface area contributed by atoms with Crippen LogP contribution < -0.4 is 10.2 Å². The molecule has 1 aromatic heterocycles. The van der Waals surface area contributed by atoms with E-state index in [1.807, 2.05) is 4.68 Å². The van der Waals surface area contributed by atoms with Crippen molar-refractivity contribution in [2.24, 2.45) is 0 Å². The fourth-order valence-corrected chi connectivity index (χ4v) is 4.43. The van der Waals surface area contributed by atoms with Crippen molar-refractivity contribution in [1.82, 2.24) is 20.2 Å². The predicted octanol–water partition coefficient (Wildman–Crippen LogP) is 3.72. The molecule has 31 heavy (non-hydrogen) atoms. The number of benzene rings is 3. The van der Waals surface area contributed by atoms with E-state index >= 15 is 0 Å². The van der Waals surface area contributed by atoms with Gasteiger partial charge in [-0.25, -0.2) is 0 Å². The van der Waals surface area contributed by atoms with Gasteiger partial charge in [-0.05, 0) is 50.5 Å². The van der Waals surface area contributed by atoms with Crippen LogP contribution in [-0.4, -0.2) is 46.5 Å². The smallest absolute Gasteiger partial charge is 0.248 e. The van der Waals surface area contributed by atoms with E-state index in [0.717, 1.165) is 37.6 Å². The van der Waals surface area contributed by atoms with Crippen LogP contribution in [0.1, 0.15) is 17.2 Å². The molecule has 3 aromatic carbocycles. The van der Waals surface area contributed by atoms with Crippen molar-refractivity contribution < 1.29 is 4.74 Å². The van der Waals surface area contributed by atoms with Crippen molar-refractivity contribution in [3.63, 3.8) is 0 Å². The minimum absolute atomic E-state index is 0.0914. The van der Waals surface area contributed by atoms with Crippen LogP contribution in [0.5, 0.6) is 0 Å². The van der Waals surface area contributed by atoms with Gasteiger partial charge < -0.3 is 15.0 Å². The Bertz CT molecular complexity index is 1250. The van der Waals surface area contributed by atoms with Gasteiger partial charge in [-0.2, -0.15) is 4.68 Å². The quantitative estimate of drug-likeness (QED) is 0.555. The molecule has 7 nitrogen and oxygen atoms in total. The van der Waals surface area contributed by atoms with Crippen LogP contribution >= 0.6 is 0 Å². The molecule has 7 heteroatoms. The van der Waals surface area contributed by atoms with E-state index in [1.165, 1.54) is 22.0 Å².